The Morgan fingerprint density at radius 1 is 1.19 bits per heavy atom. The predicted octanol–water partition coefficient (Wildman–Crippen LogP) is 3.48. The maximum Gasteiger partial charge on any atom is 0.266 e. The van der Waals surface area contributed by atoms with Gasteiger partial charge in [-0.05, 0) is 56.4 Å². The van der Waals surface area contributed by atoms with Gasteiger partial charge >= 0.3 is 0 Å². The summed E-state index contributed by atoms with van der Waals surface area (Å²) in [6, 6.07) is 4.46. The third-order valence-electron chi connectivity index (χ3n) is 5.57. The summed E-state index contributed by atoms with van der Waals surface area (Å²) in [5.74, 6) is -0.942. The van der Waals surface area contributed by atoms with Gasteiger partial charge in [0.25, 0.3) is 11.5 Å². The number of halogens is 1. The first-order valence-electron chi connectivity index (χ1n) is 10.2. The zero-order valence-electron chi connectivity index (χ0n) is 17.4. The van der Waals surface area contributed by atoms with Gasteiger partial charge in [-0.25, -0.2) is 9.37 Å². The predicted molar refractivity (Wildman–Crippen MR) is 118 cm³/mol. The maximum absolute atomic E-state index is 13.8. The molecule has 0 bridgehead atoms. The lowest BCUT2D eigenvalue weighted by Crippen LogP contribution is -2.39. The molecule has 0 radical (unpaired) electrons. The quantitative estimate of drug-likeness (QED) is 0.671. The first-order chi connectivity index (χ1) is 14.8. The van der Waals surface area contributed by atoms with Crippen LogP contribution in [0.5, 0.6) is 0 Å². The Hall–Kier alpha value is -3.07. The van der Waals surface area contributed by atoms with E-state index in [1.165, 1.54) is 17.0 Å². The van der Waals surface area contributed by atoms with Crippen molar-refractivity contribution in [1.29, 1.82) is 0 Å². The zero-order chi connectivity index (χ0) is 22.1. The number of likely N-dealkylation sites (tertiary alicyclic amines) is 1. The van der Waals surface area contributed by atoms with Crippen LogP contribution in [0.2, 0.25) is 0 Å². The smallest absolute Gasteiger partial charge is 0.266 e. The topological polar surface area (TPSA) is 84.3 Å². The normalized spacial score (nSPS) is 14.1. The molecular formula is C22H23FN4O3S. The van der Waals surface area contributed by atoms with Crippen molar-refractivity contribution in [3.63, 3.8) is 0 Å². The van der Waals surface area contributed by atoms with Crippen LogP contribution in [0.1, 0.15) is 40.1 Å². The van der Waals surface area contributed by atoms with Crippen LogP contribution < -0.4 is 10.9 Å². The molecule has 0 unspecified atom stereocenters. The summed E-state index contributed by atoms with van der Waals surface area (Å²) in [5, 5.41) is 3.00. The molecule has 1 N–H and O–H groups in total. The number of amides is 2. The fraction of sp³-hybridized carbons (Fsp3) is 0.364. The van der Waals surface area contributed by atoms with Gasteiger partial charge in [0.2, 0.25) is 5.91 Å². The van der Waals surface area contributed by atoms with Crippen molar-refractivity contribution in [3.8, 4) is 0 Å². The van der Waals surface area contributed by atoms with Crippen LogP contribution in [0.15, 0.2) is 29.3 Å². The Balaban J connectivity index is 1.60. The summed E-state index contributed by atoms with van der Waals surface area (Å²) >= 11 is 1.10. The van der Waals surface area contributed by atoms with Gasteiger partial charge in [0.05, 0.1) is 16.6 Å². The van der Waals surface area contributed by atoms with E-state index in [1.54, 1.807) is 30.9 Å². The molecule has 3 heterocycles. The second-order valence-corrected chi connectivity index (χ2v) is 8.77. The van der Waals surface area contributed by atoms with E-state index in [1.807, 2.05) is 0 Å². The van der Waals surface area contributed by atoms with Crippen LogP contribution in [-0.4, -0.2) is 39.4 Å². The summed E-state index contributed by atoms with van der Waals surface area (Å²) in [5.41, 5.74) is 0.981. The number of rotatable bonds is 4. The van der Waals surface area contributed by atoms with Gasteiger partial charge in [-0.2, -0.15) is 0 Å². The minimum absolute atomic E-state index is 0.0682. The molecule has 1 aromatic carbocycles. The van der Waals surface area contributed by atoms with Crippen LogP contribution in [0.25, 0.3) is 10.2 Å². The van der Waals surface area contributed by atoms with Crippen LogP contribution >= 0.6 is 11.3 Å². The van der Waals surface area contributed by atoms with Crippen LogP contribution in [0.4, 0.5) is 10.1 Å². The molecule has 1 fully saturated rings. The molecule has 0 atom stereocenters. The molecule has 7 nitrogen and oxygen atoms in total. The molecule has 1 aliphatic heterocycles. The van der Waals surface area contributed by atoms with Crippen molar-refractivity contribution in [2.24, 2.45) is 0 Å². The summed E-state index contributed by atoms with van der Waals surface area (Å²) in [7, 11) is 0. The highest BCUT2D eigenvalue weighted by atomic mass is 32.1. The largest absolute Gasteiger partial charge is 0.341 e. The van der Waals surface area contributed by atoms with Crippen LogP contribution in [-0.2, 0) is 11.3 Å². The maximum atomic E-state index is 13.8. The molecule has 0 saturated carbocycles. The van der Waals surface area contributed by atoms with Crippen molar-refractivity contribution in [3.05, 3.63) is 56.7 Å². The number of anilines is 1. The van der Waals surface area contributed by atoms with E-state index >= 15 is 0 Å². The summed E-state index contributed by atoms with van der Waals surface area (Å²) in [6.45, 7) is 4.68. The number of thiophene rings is 1. The summed E-state index contributed by atoms with van der Waals surface area (Å²) in [6.07, 6.45) is 4.43. The van der Waals surface area contributed by atoms with Gasteiger partial charge in [0, 0.05) is 18.8 Å². The second-order valence-electron chi connectivity index (χ2n) is 7.77. The number of nitrogens with one attached hydrogen (secondary N) is 1. The van der Waals surface area contributed by atoms with Gasteiger partial charge in [-0.3, -0.25) is 19.0 Å². The van der Waals surface area contributed by atoms with Gasteiger partial charge in [-0.1, -0.05) is 6.07 Å². The molecule has 2 aromatic heterocycles. The number of aryl methyl sites for hydroxylation is 2. The average molecular weight is 443 g/mol. The number of fused-ring (bicyclic) bond motifs is 1. The van der Waals surface area contributed by atoms with Gasteiger partial charge in [0.1, 0.15) is 17.2 Å². The number of carbonyl (C=O) groups excluding carboxylic acids is 2. The van der Waals surface area contributed by atoms with E-state index in [4.69, 9.17) is 0 Å². The Morgan fingerprint density at radius 3 is 2.65 bits per heavy atom. The number of nitrogens with zero attached hydrogens (tertiary/aromatic N) is 3. The number of benzene rings is 1. The highest BCUT2D eigenvalue weighted by molar-refractivity contribution is 7.20. The molecule has 31 heavy (non-hydrogen) atoms. The van der Waals surface area contributed by atoms with E-state index in [9.17, 15) is 18.8 Å². The van der Waals surface area contributed by atoms with Gasteiger partial charge < -0.3 is 10.2 Å². The standard InChI is InChI=1S/C22H23FN4O3S/c1-13-6-7-15(10-16(13)23)25-20(29)19-14(2)18-21(31-19)24-12-27(22(18)30)11-17(28)26-8-4-3-5-9-26/h6-7,10,12H,3-5,8-9,11H2,1-2H3,(H,25,29). The van der Waals surface area contributed by atoms with Crippen molar-refractivity contribution in [2.75, 3.05) is 18.4 Å². The number of hydrogen-bond acceptors (Lipinski definition) is 5. The SMILES string of the molecule is Cc1ccc(NC(=O)c2sc3ncn(CC(=O)N4CCCCC4)c(=O)c3c2C)cc1F. The average Bonchev–Trinajstić information content (AvgIpc) is 3.10. The first kappa shape index (κ1) is 21.2. The van der Waals surface area contributed by atoms with Gasteiger partial charge in [-0.15, -0.1) is 11.3 Å². The van der Waals surface area contributed by atoms with E-state index in [-0.39, 0.29) is 18.0 Å². The second kappa shape index (κ2) is 8.58. The highest BCUT2D eigenvalue weighted by Gasteiger charge is 2.22. The Bertz CT molecular complexity index is 1230. The first-order valence-corrected chi connectivity index (χ1v) is 11.0. The number of carbonyl (C=O) groups is 2. The number of piperidine rings is 1. The highest BCUT2D eigenvalue weighted by Crippen LogP contribution is 2.28. The van der Waals surface area contributed by atoms with Crippen molar-refractivity contribution < 1.29 is 14.0 Å². The summed E-state index contributed by atoms with van der Waals surface area (Å²) < 4.78 is 15.1. The van der Waals surface area contributed by atoms with Crippen LogP contribution in [0.3, 0.4) is 0 Å². The molecule has 1 aliphatic rings. The molecule has 9 heteroatoms. The third-order valence-corrected chi connectivity index (χ3v) is 6.77. The molecule has 2 amide bonds. The van der Waals surface area contributed by atoms with E-state index < -0.39 is 11.7 Å². The Labute approximate surface area is 182 Å². The monoisotopic (exact) mass is 442 g/mol. The lowest BCUT2D eigenvalue weighted by Gasteiger charge is -2.26. The minimum atomic E-state index is -0.431. The number of hydrogen-bond donors (Lipinski definition) is 1. The number of aromatic nitrogens is 2. The minimum Gasteiger partial charge on any atom is -0.341 e. The zero-order valence-corrected chi connectivity index (χ0v) is 18.2. The Morgan fingerprint density at radius 2 is 1.94 bits per heavy atom. The molecule has 3 aromatic rings. The molecule has 0 spiro atoms. The van der Waals surface area contributed by atoms with E-state index in [2.05, 4.69) is 10.3 Å². The lowest BCUT2D eigenvalue weighted by atomic mass is 10.1. The molecule has 0 aliphatic carbocycles. The van der Waals surface area contributed by atoms with Crippen molar-refractivity contribution >= 4 is 39.1 Å². The lowest BCUT2D eigenvalue weighted by molar-refractivity contribution is -0.132. The molecular weight excluding hydrogens is 419 g/mol. The molecule has 4 rings (SSSR count). The van der Waals surface area contributed by atoms with Crippen LogP contribution in [0, 0.1) is 19.7 Å². The van der Waals surface area contributed by atoms with Gasteiger partial charge in [0.15, 0.2) is 0 Å². The van der Waals surface area contributed by atoms with E-state index in [0.717, 1.165) is 30.6 Å². The fourth-order valence-electron chi connectivity index (χ4n) is 3.74. The van der Waals surface area contributed by atoms with E-state index in [0.29, 0.717) is 45.0 Å². The Kier molecular flexibility index (Phi) is 5.86. The van der Waals surface area contributed by atoms with Crippen molar-refractivity contribution in [1.82, 2.24) is 14.5 Å². The molecule has 162 valence electrons. The molecule has 1 saturated heterocycles. The fourth-order valence-corrected chi connectivity index (χ4v) is 4.77. The van der Waals surface area contributed by atoms with Crippen molar-refractivity contribution in [2.45, 2.75) is 39.7 Å². The summed E-state index contributed by atoms with van der Waals surface area (Å²) in [4.78, 5) is 45.2. The third kappa shape index (κ3) is 4.23.